The third-order valence-corrected chi connectivity index (χ3v) is 3.17. The average molecular weight is 288 g/mol. The van der Waals surface area contributed by atoms with Crippen molar-refractivity contribution in [2.24, 2.45) is 0 Å². The Labute approximate surface area is 123 Å². The highest BCUT2D eigenvalue weighted by atomic mass is 35.5. The van der Waals surface area contributed by atoms with E-state index in [9.17, 15) is 0 Å². The summed E-state index contributed by atoms with van der Waals surface area (Å²) in [6.45, 7) is 0.419. The molecule has 0 aliphatic heterocycles. The van der Waals surface area contributed by atoms with Gasteiger partial charge in [-0.05, 0) is 35.4 Å². The molecule has 0 atom stereocenters. The van der Waals surface area contributed by atoms with Gasteiger partial charge in [0.1, 0.15) is 6.61 Å². The van der Waals surface area contributed by atoms with Crippen LogP contribution in [0.5, 0.6) is 11.5 Å². The van der Waals surface area contributed by atoms with E-state index in [4.69, 9.17) is 26.3 Å². The summed E-state index contributed by atoms with van der Waals surface area (Å²) in [5.41, 5.74) is 2.61. The van der Waals surface area contributed by atoms with E-state index in [1.807, 2.05) is 30.3 Å². The van der Waals surface area contributed by atoms with Gasteiger partial charge in [0.05, 0.1) is 18.7 Å². The molecule has 0 aromatic heterocycles. The monoisotopic (exact) mass is 287 g/mol. The fourth-order valence-electron chi connectivity index (χ4n) is 1.75. The quantitative estimate of drug-likeness (QED) is 0.784. The summed E-state index contributed by atoms with van der Waals surface area (Å²) in [6.07, 6.45) is 0. The number of ether oxygens (including phenoxy) is 2. The van der Waals surface area contributed by atoms with Crippen LogP contribution in [-0.2, 0) is 12.5 Å². The molecule has 0 aliphatic rings. The van der Waals surface area contributed by atoms with E-state index in [1.165, 1.54) is 0 Å². The lowest BCUT2D eigenvalue weighted by Gasteiger charge is -2.11. The molecule has 0 N–H and O–H groups in total. The number of halogens is 1. The van der Waals surface area contributed by atoms with Gasteiger partial charge in [0.25, 0.3) is 0 Å². The minimum absolute atomic E-state index is 0.419. The second-order valence-electron chi connectivity index (χ2n) is 4.22. The Morgan fingerprint density at radius 3 is 2.35 bits per heavy atom. The number of alkyl halides is 1. The van der Waals surface area contributed by atoms with Crippen molar-refractivity contribution in [3.63, 3.8) is 0 Å². The van der Waals surface area contributed by atoms with Crippen LogP contribution in [0.4, 0.5) is 0 Å². The Kier molecular flexibility index (Phi) is 4.86. The first-order chi connectivity index (χ1) is 9.76. The van der Waals surface area contributed by atoms with E-state index in [0.717, 1.165) is 11.1 Å². The smallest absolute Gasteiger partial charge is 0.161 e. The molecule has 20 heavy (non-hydrogen) atoms. The largest absolute Gasteiger partial charge is 0.493 e. The fourth-order valence-corrected chi connectivity index (χ4v) is 1.92. The van der Waals surface area contributed by atoms with Crippen LogP contribution in [0.15, 0.2) is 42.5 Å². The number of methoxy groups -OCH3 is 1. The van der Waals surface area contributed by atoms with E-state index in [2.05, 4.69) is 6.07 Å². The molecule has 4 heteroatoms. The van der Waals surface area contributed by atoms with E-state index >= 15 is 0 Å². The van der Waals surface area contributed by atoms with Gasteiger partial charge in [-0.25, -0.2) is 0 Å². The maximum atomic E-state index is 8.75. The minimum Gasteiger partial charge on any atom is -0.493 e. The molecule has 0 radical (unpaired) electrons. The first kappa shape index (κ1) is 14.2. The highest BCUT2D eigenvalue weighted by Crippen LogP contribution is 2.29. The molecule has 0 aliphatic carbocycles. The maximum Gasteiger partial charge on any atom is 0.161 e. The van der Waals surface area contributed by atoms with Crippen LogP contribution in [0.2, 0.25) is 0 Å². The molecule has 102 valence electrons. The lowest BCUT2D eigenvalue weighted by atomic mass is 10.1. The standard InChI is InChI=1S/C16H14ClNO2/c1-19-16-8-14(9-17)6-7-15(16)20-11-13-4-2-12(10-18)3-5-13/h2-8H,9,11H2,1H3. The maximum absolute atomic E-state index is 8.75. The SMILES string of the molecule is COc1cc(CCl)ccc1OCc1ccc(C#N)cc1. The Bertz CT molecular complexity index is 617. The zero-order valence-electron chi connectivity index (χ0n) is 11.1. The molecule has 0 fully saturated rings. The second kappa shape index (κ2) is 6.83. The predicted molar refractivity (Wildman–Crippen MR) is 78.0 cm³/mol. The van der Waals surface area contributed by atoms with Crippen molar-refractivity contribution in [2.75, 3.05) is 7.11 Å². The molecular weight excluding hydrogens is 274 g/mol. The molecule has 0 spiro atoms. The average Bonchev–Trinajstić information content (AvgIpc) is 2.53. The Morgan fingerprint density at radius 2 is 1.75 bits per heavy atom. The van der Waals surface area contributed by atoms with Crippen LogP contribution in [0.1, 0.15) is 16.7 Å². The van der Waals surface area contributed by atoms with Crippen LogP contribution in [0.25, 0.3) is 0 Å². The summed E-state index contributed by atoms with van der Waals surface area (Å²) in [5.74, 6) is 1.77. The molecule has 0 heterocycles. The van der Waals surface area contributed by atoms with Crippen LogP contribution in [0, 0.1) is 11.3 Å². The summed E-state index contributed by atoms with van der Waals surface area (Å²) in [4.78, 5) is 0. The van der Waals surface area contributed by atoms with Gasteiger partial charge in [-0.1, -0.05) is 18.2 Å². The van der Waals surface area contributed by atoms with Crippen molar-refractivity contribution in [3.05, 3.63) is 59.2 Å². The van der Waals surface area contributed by atoms with Crippen molar-refractivity contribution in [1.29, 1.82) is 5.26 Å². The van der Waals surface area contributed by atoms with Crippen LogP contribution < -0.4 is 9.47 Å². The van der Waals surface area contributed by atoms with Gasteiger partial charge in [-0.15, -0.1) is 11.6 Å². The summed E-state index contributed by atoms with van der Waals surface area (Å²) < 4.78 is 11.0. The van der Waals surface area contributed by atoms with Gasteiger partial charge < -0.3 is 9.47 Å². The Hall–Kier alpha value is -2.18. The molecular formula is C16H14ClNO2. The fraction of sp³-hybridized carbons (Fsp3) is 0.188. The molecule has 0 saturated carbocycles. The number of rotatable bonds is 5. The Morgan fingerprint density at radius 1 is 1.05 bits per heavy atom. The highest BCUT2D eigenvalue weighted by Gasteiger charge is 2.06. The van der Waals surface area contributed by atoms with E-state index in [-0.39, 0.29) is 0 Å². The van der Waals surface area contributed by atoms with E-state index < -0.39 is 0 Å². The highest BCUT2D eigenvalue weighted by molar-refractivity contribution is 6.17. The van der Waals surface area contributed by atoms with Crippen LogP contribution in [-0.4, -0.2) is 7.11 Å². The van der Waals surface area contributed by atoms with Crippen molar-refractivity contribution >= 4 is 11.6 Å². The normalized spacial score (nSPS) is 9.85. The molecule has 2 aromatic carbocycles. The number of nitriles is 1. The zero-order valence-corrected chi connectivity index (χ0v) is 11.9. The number of nitrogens with zero attached hydrogens (tertiary/aromatic N) is 1. The van der Waals surface area contributed by atoms with Gasteiger partial charge in [0.15, 0.2) is 11.5 Å². The zero-order chi connectivity index (χ0) is 14.4. The minimum atomic E-state index is 0.419. The lowest BCUT2D eigenvalue weighted by Crippen LogP contribution is -1.98. The number of hydrogen-bond donors (Lipinski definition) is 0. The van der Waals surface area contributed by atoms with Crippen LogP contribution in [0.3, 0.4) is 0 Å². The van der Waals surface area contributed by atoms with E-state index in [1.54, 1.807) is 19.2 Å². The predicted octanol–water partition coefficient (Wildman–Crippen LogP) is 3.88. The van der Waals surface area contributed by atoms with Gasteiger partial charge in [-0.2, -0.15) is 5.26 Å². The third kappa shape index (κ3) is 3.43. The second-order valence-corrected chi connectivity index (χ2v) is 4.48. The molecule has 2 rings (SSSR count). The Balaban J connectivity index is 2.08. The third-order valence-electron chi connectivity index (χ3n) is 2.86. The topological polar surface area (TPSA) is 42.2 Å². The number of hydrogen-bond acceptors (Lipinski definition) is 3. The molecule has 0 saturated heterocycles. The molecule has 0 amide bonds. The first-order valence-corrected chi connectivity index (χ1v) is 6.65. The molecule has 0 bridgehead atoms. The molecule has 3 nitrogen and oxygen atoms in total. The molecule has 0 unspecified atom stereocenters. The van der Waals surface area contributed by atoms with Crippen molar-refractivity contribution < 1.29 is 9.47 Å². The first-order valence-electron chi connectivity index (χ1n) is 6.11. The number of benzene rings is 2. The molecule has 2 aromatic rings. The summed E-state index contributed by atoms with van der Waals surface area (Å²) in [6, 6.07) is 15.0. The van der Waals surface area contributed by atoms with Crippen LogP contribution >= 0.6 is 11.6 Å². The van der Waals surface area contributed by atoms with Gasteiger partial charge in [0, 0.05) is 5.88 Å². The summed E-state index contributed by atoms with van der Waals surface area (Å²) in [5, 5.41) is 8.75. The van der Waals surface area contributed by atoms with Crippen molar-refractivity contribution in [1.82, 2.24) is 0 Å². The van der Waals surface area contributed by atoms with Gasteiger partial charge >= 0.3 is 0 Å². The van der Waals surface area contributed by atoms with Gasteiger partial charge in [0.2, 0.25) is 0 Å². The van der Waals surface area contributed by atoms with Crippen molar-refractivity contribution in [3.8, 4) is 17.6 Å². The summed E-state index contributed by atoms with van der Waals surface area (Å²) in [7, 11) is 1.60. The van der Waals surface area contributed by atoms with Crippen molar-refractivity contribution in [2.45, 2.75) is 12.5 Å². The lowest BCUT2D eigenvalue weighted by molar-refractivity contribution is 0.284. The van der Waals surface area contributed by atoms with Gasteiger partial charge in [-0.3, -0.25) is 0 Å². The van der Waals surface area contributed by atoms with E-state index in [0.29, 0.717) is 29.5 Å². The summed E-state index contributed by atoms with van der Waals surface area (Å²) >= 11 is 5.79.